The summed E-state index contributed by atoms with van der Waals surface area (Å²) in [5.41, 5.74) is 1.43. The van der Waals surface area contributed by atoms with Crippen LogP contribution < -0.4 is 10.9 Å². The molecule has 9 heteroatoms. The van der Waals surface area contributed by atoms with Gasteiger partial charge in [0.05, 0.1) is 17.8 Å². The van der Waals surface area contributed by atoms with Crippen LogP contribution in [0.25, 0.3) is 20.4 Å². The first-order chi connectivity index (χ1) is 15.0. The molecular weight excluding hydrogens is 452 g/mol. The Morgan fingerprint density at radius 2 is 2.06 bits per heavy atom. The molecule has 4 aromatic rings. The van der Waals surface area contributed by atoms with E-state index in [4.69, 9.17) is 16.6 Å². The Balaban J connectivity index is 1.76. The Hall–Kier alpha value is -2.42. The van der Waals surface area contributed by atoms with Gasteiger partial charge in [0.1, 0.15) is 9.53 Å². The van der Waals surface area contributed by atoms with Crippen LogP contribution in [-0.4, -0.2) is 32.2 Å². The van der Waals surface area contributed by atoms with Crippen molar-refractivity contribution in [1.29, 1.82) is 0 Å². The molecule has 0 radical (unpaired) electrons. The summed E-state index contributed by atoms with van der Waals surface area (Å²) in [6.45, 7) is 4.33. The molecule has 0 unspecified atom stereocenters. The molecule has 1 amide bonds. The maximum absolute atomic E-state index is 13.4. The zero-order chi connectivity index (χ0) is 22.0. The number of nitrogens with zero attached hydrogens (tertiary/aromatic N) is 3. The van der Waals surface area contributed by atoms with Crippen molar-refractivity contribution in [2.75, 3.05) is 5.75 Å². The molecule has 0 fully saturated rings. The highest BCUT2D eigenvalue weighted by molar-refractivity contribution is 7.99. The largest absolute Gasteiger partial charge is 0.353 e. The van der Waals surface area contributed by atoms with Crippen LogP contribution in [0.2, 0.25) is 5.02 Å². The van der Waals surface area contributed by atoms with Crippen molar-refractivity contribution >= 4 is 61.0 Å². The molecule has 0 saturated carbocycles. The molecule has 1 aromatic carbocycles. The highest BCUT2D eigenvalue weighted by Crippen LogP contribution is 2.30. The molecule has 3 heterocycles. The standard InChI is InChI=1S/C22H21ClN4O2S2/c1-3-13(2)25-17(28)12-30-22-26-18-16-5-4-10-24-20(16)31-19(18)21(29)27(22)11-14-6-8-15(23)9-7-14/h4-10,13H,3,11-12H2,1-2H3,(H,25,28)/t13-/m0/s1. The minimum atomic E-state index is -0.132. The predicted octanol–water partition coefficient (Wildman–Crippen LogP) is 4.71. The molecule has 1 atom stereocenters. The number of nitrogens with one attached hydrogen (secondary N) is 1. The number of halogens is 1. The normalized spacial score (nSPS) is 12.4. The minimum Gasteiger partial charge on any atom is -0.353 e. The first-order valence-corrected chi connectivity index (χ1v) is 12.1. The topological polar surface area (TPSA) is 76.9 Å². The van der Waals surface area contributed by atoms with E-state index in [-0.39, 0.29) is 23.3 Å². The second-order valence-electron chi connectivity index (χ2n) is 7.21. The molecule has 6 nitrogen and oxygen atoms in total. The fraction of sp³-hybridized carbons (Fsp3) is 0.273. The smallest absolute Gasteiger partial charge is 0.272 e. The number of pyridine rings is 1. The number of benzene rings is 1. The number of thiophene rings is 1. The first kappa shape index (κ1) is 21.8. The third-order valence-corrected chi connectivity index (χ3v) is 7.24. The fourth-order valence-electron chi connectivity index (χ4n) is 3.11. The van der Waals surface area contributed by atoms with Gasteiger partial charge in [-0.05, 0) is 43.2 Å². The summed E-state index contributed by atoms with van der Waals surface area (Å²) in [6, 6.07) is 11.2. The average Bonchev–Trinajstić information content (AvgIpc) is 3.14. The zero-order valence-corrected chi connectivity index (χ0v) is 19.5. The van der Waals surface area contributed by atoms with E-state index in [0.29, 0.717) is 26.9 Å². The van der Waals surface area contributed by atoms with Crippen LogP contribution in [0.1, 0.15) is 25.8 Å². The van der Waals surface area contributed by atoms with Crippen LogP contribution >= 0.6 is 34.7 Å². The molecule has 31 heavy (non-hydrogen) atoms. The summed E-state index contributed by atoms with van der Waals surface area (Å²) in [5.74, 6) is 0.104. The number of carbonyl (C=O) groups excluding carboxylic acids is 1. The van der Waals surface area contributed by atoms with Crippen molar-refractivity contribution in [3.05, 3.63) is 63.5 Å². The molecule has 0 aliphatic rings. The van der Waals surface area contributed by atoms with Gasteiger partial charge in [-0.3, -0.25) is 14.2 Å². The Labute approximate surface area is 192 Å². The van der Waals surface area contributed by atoms with Gasteiger partial charge in [-0.25, -0.2) is 9.97 Å². The summed E-state index contributed by atoms with van der Waals surface area (Å²) in [4.78, 5) is 35.7. The van der Waals surface area contributed by atoms with E-state index in [9.17, 15) is 9.59 Å². The SMILES string of the molecule is CC[C@H](C)NC(=O)CSc1nc2c(sc3ncccc32)c(=O)n1Cc1ccc(Cl)cc1. The van der Waals surface area contributed by atoms with Crippen LogP contribution in [0.5, 0.6) is 0 Å². The van der Waals surface area contributed by atoms with Gasteiger partial charge in [0.15, 0.2) is 5.16 Å². The van der Waals surface area contributed by atoms with E-state index in [1.54, 1.807) is 22.9 Å². The molecule has 0 bridgehead atoms. The number of amides is 1. The van der Waals surface area contributed by atoms with Crippen molar-refractivity contribution in [3.8, 4) is 0 Å². The lowest BCUT2D eigenvalue weighted by atomic mass is 10.2. The number of thioether (sulfide) groups is 1. The lowest BCUT2D eigenvalue weighted by Crippen LogP contribution is -2.33. The fourth-order valence-corrected chi connectivity index (χ4v) is 5.07. The van der Waals surface area contributed by atoms with Gasteiger partial charge >= 0.3 is 0 Å². The zero-order valence-electron chi connectivity index (χ0n) is 17.1. The highest BCUT2D eigenvalue weighted by atomic mass is 35.5. The summed E-state index contributed by atoms with van der Waals surface area (Å²) >= 11 is 8.62. The number of carbonyl (C=O) groups is 1. The van der Waals surface area contributed by atoms with Gasteiger partial charge in [-0.15, -0.1) is 11.3 Å². The number of hydrogen-bond donors (Lipinski definition) is 1. The number of hydrogen-bond acceptors (Lipinski definition) is 6. The number of aromatic nitrogens is 3. The number of fused-ring (bicyclic) bond motifs is 3. The van der Waals surface area contributed by atoms with Crippen LogP contribution in [0.3, 0.4) is 0 Å². The second-order valence-corrected chi connectivity index (χ2v) is 9.59. The summed E-state index contributed by atoms with van der Waals surface area (Å²) < 4.78 is 2.19. The summed E-state index contributed by atoms with van der Waals surface area (Å²) in [5, 5.41) is 4.95. The second kappa shape index (κ2) is 9.38. The third-order valence-electron chi connectivity index (χ3n) is 4.92. The Bertz CT molecular complexity index is 1300. The average molecular weight is 473 g/mol. The van der Waals surface area contributed by atoms with E-state index < -0.39 is 0 Å². The first-order valence-electron chi connectivity index (χ1n) is 9.91. The van der Waals surface area contributed by atoms with E-state index in [1.165, 1.54) is 23.1 Å². The summed E-state index contributed by atoms with van der Waals surface area (Å²) in [7, 11) is 0. The Morgan fingerprint density at radius 1 is 1.29 bits per heavy atom. The third kappa shape index (κ3) is 4.76. The Kier molecular flexibility index (Phi) is 6.60. The molecule has 0 aliphatic carbocycles. The lowest BCUT2D eigenvalue weighted by molar-refractivity contribution is -0.119. The molecule has 1 N–H and O–H groups in total. The van der Waals surface area contributed by atoms with Crippen molar-refractivity contribution < 1.29 is 4.79 Å². The van der Waals surface area contributed by atoms with Gasteiger partial charge in [0, 0.05) is 22.6 Å². The van der Waals surface area contributed by atoms with Crippen LogP contribution in [0, 0.1) is 0 Å². The van der Waals surface area contributed by atoms with Crippen LogP contribution in [0.4, 0.5) is 0 Å². The van der Waals surface area contributed by atoms with Crippen molar-refractivity contribution in [2.45, 2.75) is 38.0 Å². The van der Waals surface area contributed by atoms with E-state index >= 15 is 0 Å². The molecule has 4 rings (SSSR count). The quantitative estimate of drug-likeness (QED) is 0.311. The van der Waals surface area contributed by atoms with Crippen LogP contribution in [0.15, 0.2) is 52.5 Å². The number of rotatable bonds is 7. The van der Waals surface area contributed by atoms with Gasteiger partial charge in [0.2, 0.25) is 5.91 Å². The van der Waals surface area contributed by atoms with Gasteiger partial charge in [-0.2, -0.15) is 0 Å². The maximum atomic E-state index is 13.4. The van der Waals surface area contributed by atoms with E-state index in [0.717, 1.165) is 22.2 Å². The molecule has 0 spiro atoms. The summed E-state index contributed by atoms with van der Waals surface area (Å²) in [6.07, 6.45) is 2.56. The van der Waals surface area contributed by atoms with Gasteiger partial charge < -0.3 is 5.32 Å². The van der Waals surface area contributed by atoms with E-state index in [1.807, 2.05) is 38.1 Å². The molecule has 0 saturated heterocycles. The van der Waals surface area contributed by atoms with E-state index in [2.05, 4.69) is 10.3 Å². The molecule has 0 aliphatic heterocycles. The lowest BCUT2D eigenvalue weighted by Gasteiger charge is -2.14. The Morgan fingerprint density at radius 3 is 2.81 bits per heavy atom. The highest BCUT2D eigenvalue weighted by Gasteiger charge is 2.18. The minimum absolute atomic E-state index is 0.0800. The molecule has 160 valence electrons. The molecule has 3 aromatic heterocycles. The van der Waals surface area contributed by atoms with Crippen molar-refractivity contribution in [2.24, 2.45) is 0 Å². The maximum Gasteiger partial charge on any atom is 0.272 e. The monoisotopic (exact) mass is 472 g/mol. The molecular formula is C22H21ClN4O2S2. The van der Waals surface area contributed by atoms with Gasteiger partial charge in [0.25, 0.3) is 5.56 Å². The van der Waals surface area contributed by atoms with Crippen molar-refractivity contribution in [1.82, 2.24) is 19.9 Å². The predicted molar refractivity (Wildman–Crippen MR) is 128 cm³/mol. The van der Waals surface area contributed by atoms with Crippen molar-refractivity contribution in [3.63, 3.8) is 0 Å². The van der Waals surface area contributed by atoms with Crippen LogP contribution in [-0.2, 0) is 11.3 Å². The van der Waals surface area contributed by atoms with Gasteiger partial charge in [-0.1, -0.05) is 42.4 Å².